The van der Waals surface area contributed by atoms with E-state index in [0.717, 1.165) is 25.9 Å². The van der Waals surface area contributed by atoms with Gasteiger partial charge in [-0.2, -0.15) is 4.31 Å². The number of carbonyl (C=O) groups is 1. The first kappa shape index (κ1) is 22.0. The summed E-state index contributed by atoms with van der Waals surface area (Å²) in [7, 11) is -3.62. The molecule has 31 heavy (non-hydrogen) atoms. The van der Waals surface area contributed by atoms with Crippen LogP contribution in [0.5, 0.6) is 0 Å². The van der Waals surface area contributed by atoms with Gasteiger partial charge in [0.15, 0.2) is 0 Å². The van der Waals surface area contributed by atoms with Crippen LogP contribution in [0.4, 0.5) is 0 Å². The van der Waals surface area contributed by atoms with Gasteiger partial charge in [-0.25, -0.2) is 8.42 Å². The molecule has 3 heterocycles. The fraction of sp³-hybridized carbons (Fsp3) is 0.500. The standard InChI is InChI=1S/C22H30N4O4S/c1-2-19(25-8-7-17-5-3-4-6-18(17)16-25)14-24-22(27)21-13-20(15-23-21)31(28,29)26-9-11-30-12-10-26/h3-6,13,15,19,23H,2,7-12,14,16H2,1H3,(H,24,27). The number of amides is 1. The quantitative estimate of drug-likeness (QED) is 0.674. The highest BCUT2D eigenvalue weighted by Gasteiger charge is 2.28. The molecule has 1 unspecified atom stereocenters. The Morgan fingerprint density at radius 3 is 2.68 bits per heavy atom. The number of aromatic amines is 1. The van der Waals surface area contributed by atoms with Crippen LogP contribution in [-0.4, -0.2) is 73.9 Å². The van der Waals surface area contributed by atoms with Crippen molar-refractivity contribution in [3.05, 3.63) is 53.3 Å². The number of morpholine rings is 1. The van der Waals surface area contributed by atoms with Gasteiger partial charge < -0.3 is 15.0 Å². The summed E-state index contributed by atoms with van der Waals surface area (Å²) in [4.78, 5) is 18.0. The van der Waals surface area contributed by atoms with Crippen LogP contribution in [0.25, 0.3) is 0 Å². The minimum absolute atomic E-state index is 0.110. The molecule has 9 heteroatoms. The Morgan fingerprint density at radius 2 is 1.94 bits per heavy atom. The van der Waals surface area contributed by atoms with Gasteiger partial charge in [-0.3, -0.25) is 9.69 Å². The van der Waals surface area contributed by atoms with E-state index < -0.39 is 10.0 Å². The number of carbonyl (C=O) groups excluding carboxylic acids is 1. The summed E-state index contributed by atoms with van der Waals surface area (Å²) in [6.07, 6.45) is 3.32. The molecular weight excluding hydrogens is 416 g/mol. The molecule has 1 aromatic carbocycles. The van der Waals surface area contributed by atoms with Crippen molar-refractivity contribution in [2.24, 2.45) is 0 Å². The smallest absolute Gasteiger partial charge is 0.267 e. The number of aromatic nitrogens is 1. The number of H-pyrrole nitrogens is 1. The van der Waals surface area contributed by atoms with E-state index >= 15 is 0 Å². The third kappa shape index (κ3) is 4.85. The predicted molar refractivity (Wildman–Crippen MR) is 117 cm³/mol. The molecule has 0 bridgehead atoms. The average Bonchev–Trinajstić information content (AvgIpc) is 3.31. The van der Waals surface area contributed by atoms with Crippen LogP contribution < -0.4 is 5.32 Å². The number of sulfonamides is 1. The van der Waals surface area contributed by atoms with Gasteiger partial charge in [-0.1, -0.05) is 31.2 Å². The molecule has 0 spiro atoms. The maximum Gasteiger partial charge on any atom is 0.267 e. The number of nitrogens with one attached hydrogen (secondary N) is 2. The van der Waals surface area contributed by atoms with Crippen LogP contribution in [0.15, 0.2) is 41.4 Å². The lowest BCUT2D eigenvalue weighted by atomic mass is 9.98. The molecule has 2 aliphatic rings. The van der Waals surface area contributed by atoms with E-state index in [1.165, 1.54) is 27.7 Å². The van der Waals surface area contributed by atoms with Crippen molar-refractivity contribution in [2.75, 3.05) is 39.4 Å². The highest BCUT2D eigenvalue weighted by atomic mass is 32.2. The fourth-order valence-electron chi connectivity index (χ4n) is 4.26. The monoisotopic (exact) mass is 446 g/mol. The van der Waals surface area contributed by atoms with Crippen molar-refractivity contribution in [1.82, 2.24) is 19.5 Å². The third-order valence-corrected chi connectivity index (χ3v) is 8.03. The number of rotatable bonds is 7. The van der Waals surface area contributed by atoms with Gasteiger partial charge in [0.05, 0.1) is 13.2 Å². The number of hydrogen-bond acceptors (Lipinski definition) is 5. The Morgan fingerprint density at radius 1 is 1.19 bits per heavy atom. The van der Waals surface area contributed by atoms with Crippen molar-refractivity contribution in [1.29, 1.82) is 0 Å². The molecule has 1 aromatic heterocycles. The SMILES string of the molecule is CCC(CNC(=O)c1cc(S(=O)(=O)N2CCOCC2)c[nH]1)N1CCc2ccccc2C1. The van der Waals surface area contributed by atoms with Gasteiger partial charge in [-0.05, 0) is 30.0 Å². The molecule has 1 amide bonds. The Labute approximate surface area is 183 Å². The van der Waals surface area contributed by atoms with Crippen LogP contribution in [0.3, 0.4) is 0 Å². The Hall–Kier alpha value is -2.20. The van der Waals surface area contributed by atoms with E-state index in [1.54, 1.807) is 0 Å². The van der Waals surface area contributed by atoms with Gasteiger partial charge in [0, 0.05) is 45.0 Å². The zero-order chi connectivity index (χ0) is 21.8. The molecule has 2 aliphatic heterocycles. The molecule has 2 aromatic rings. The minimum Gasteiger partial charge on any atom is -0.379 e. The molecule has 1 saturated heterocycles. The summed E-state index contributed by atoms with van der Waals surface area (Å²) in [6.45, 7) is 5.91. The first-order valence-corrected chi connectivity index (χ1v) is 12.3. The number of nitrogens with zero attached hydrogens (tertiary/aromatic N) is 2. The second kappa shape index (κ2) is 9.52. The van der Waals surface area contributed by atoms with Crippen molar-refractivity contribution < 1.29 is 17.9 Å². The number of ether oxygens (including phenoxy) is 1. The summed E-state index contributed by atoms with van der Waals surface area (Å²) in [5, 5.41) is 2.98. The van der Waals surface area contributed by atoms with Gasteiger partial charge in [0.1, 0.15) is 10.6 Å². The zero-order valence-electron chi connectivity index (χ0n) is 17.8. The van der Waals surface area contributed by atoms with Crippen molar-refractivity contribution in [2.45, 2.75) is 37.2 Å². The Bertz CT molecular complexity index is 1010. The number of hydrogen-bond donors (Lipinski definition) is 2. The van der Waals surface area contributed by atoms with E-state index in [1.807, 2.05) is 0 Å². The average molecular weight is 447 g/mol. The van der Waals surface area contributed by atoms with Crippen LogP contribution in [0.2, 0.25) is 0 Å². The van der Waals surface area contributed by atoms with Crippen LogP contribution >= 0.6 is 0 Å². The molecule has 1 atom stereocenters. The lowest BCUT2D eigenvalue weighted by Crippen LogP contribution is -2.45. The highest BCUT2D eigenvalue weighted by Crippen LogP contribution is 2.21. The molecule has 2 N–H and O–H groups in total. The largest absolute Gasteiger partial charge is 0.379 e. The molecule has 8 nitrogen and oxygen atoms in total. The molecule has 4 rings (SSSR count). The molecule has 0 aliphatic carbocycles. The van der Waals surface area contributed by atoms with Crippen LogP contribution in [-0.2, 0) is 27.7 Å². The van der Waals surface area contributed by atoms with E-state index in [4.69, 9.17) is 4.74 Å². The van der Waals surface area contributed by atoms with Gasteiger partial charge in [0.2, 0.25) is 10.0 Å². The van der Waals surface area contributed by atoms with Crippen molar-refractivity contribution in [3.8, 4) is 0 Å². The van der Waals surface area contributed by atoms with Crippen LogP contribution in [0, 0.1) is 0 Å². The normalized spacial score (nSPS) is 19.0. The second-order valence-corrected chi connectivity index (χ2v) is 9.96. The first-order valence-electron chi connectivity index (χ1n) is 10.8. The second-order valence-electron chi connectivity index (χ2n) is 8.03. The minimum atomic E-state index is -3.62. The fourth-order valence-corrected chi connectivity index (χ4v) is 5.66. The molecular formula is C22H30N4O4S. The first-order chi connectivity index (χ1) is 15.0. The topological polar surface area (TPSA) is 94.7 Å². The van der Waals surface area contributed by atoms with Gasteiger partial charge >= 0.3 is 0 Å². The van der Waals surface area contributed by atoms with E-state index in [0.29, 0.717) is 32.8 Å². The van der Waals surface area contributed by atoms with Crippen molar-refractivity contribution >= 4 is 15.9 Å². The van der Waals surface area contributed by atoms with E-state index in [9.17, 15) is 13.2 Å². The van der Waals surface area contributed by atoms with Gasteiger partial charge in [-0.15, -0.1) is 0 Å². The van der Waals surface area contributed by atoms with E-state index in [2.05, 4.69) is 46.4 Å². The molecule has 0 saturated carbocycles. The lowest BCUT2D eigenvalue weighted by molar-refractivity contribution is 0.0730. The van der Waals surface area contributed by atoms with Crippen LogP contribution in [0.1, 0.15) is 35.0 Å². The summed E-state index contributed by atoms with van der Waals surface area (Å²) in [5.74, 6) is -0.292. The Kier molecular flexibility index (Phi) is 6.76. The number of benzene rings is 1. The van der Waals surface area contributed by atoms with Crippen molar-refractivity contribution in [3.63, 3.8) is 0 Å². The summed E-state index contributed by atoms with van der Waals surface area (Å²) < 4.78 is 32.1. The van der Waals surface area contributed by atoms with Gasteiger partial charge in [0.25, 0.3) is 5.91 Å². The number of fused-ring (bicyclic) bond motifs is 1. The summed E-state index contributed by atoms with van der Waals surface area (Å²) in [6, 6.07) is 10.1. The lowest BCUT2D eigenvalue weighted by Gasteiger charge is -2.35. The summed E-state index contributed by atoms with van der Waals surface area (Å²) >= 11 is 0. The molecule has 0 radical (unpaired) electrons. The highest BCUT2D eigenvalue weighted by molar-refractivity contribution is 7.89. The molecule has 168 valence electrons. The maximum atomic E-state index is 12.8. The predicted octanol–water partition coefficient (Wildman–Crippen LogP) is 1.60. The molecule has 1 fully saturated rings. The van der Waals surface area contributed by atoms with E-state index in [-0.39, 0.29) is 22.5 Å². The Balaban J connectivity index is 1.36. The third-order valence-electron chi connectivity index (χ3n) is 6.16. The zero-order valence-corrected chi connectivity index (χ0v) is 18.7. The summed E-state index contributed by atoms with van der Waals surface area (Å²) in [5.41, 5.74) is 3.00. The maximum absolute atomic E-state index is 12.8.